The molecule has 0 unspecified atom stereocenters. The van der Waals surface area contributed by atoms with Crippen LogP contribution in [0.15, 0.2) is 83.3 Å². The second-order valence-electron chi connectivity index (χ2n) is 5.95. The van der Waals surface area contributed by atoms with E-state index in [0.29, 0.717) is 17.7 Å². The number of hydrogen-bond acceptors (Lipinski definition) is 3. The van der Waals surface area contributed by atoms with Crippen molar-refractivity contribution in [2.45, 2.75) is 6.42 Å². The standard InChI is InChI=1S/C22H18BrNO3/c23-18-10-6-11-19(14-18)24-21(25)15-27-22(26)20-12-5-4-9-17(20)13-16-7-2-1-3-8-16/h1-12,14H,13,15H2,(H,24,25). The Labute approximate surface area is 166 Å². The van der Waals surface area contributed by atoms with Crippen LogP contribution in [0.5, 0.6) is 0 Å². The number of esters is 1. The SMILES string of the molecule is O=C(COC(=O)c1ccccc1Cc1ccccc1)Nc1cccc(Br)c1. The molecule has 5 heteroatoms. The number of carbonyl (C=O) groups excluding carboxylic acids is 2. The number of amides is 1. The Hall–Kier alpha value is -2.92. The molecule has 3 rings (SSSR count). The summed E-state index contributed by atoms with van der Waals surface area (Å²) in [6, 6.07) is 24.4. The van der Waals surface area contributed by atoms with Gasteiger partial charge in [-0.3, -0.25) is 4.79 Å². The summed E-state index contributed by atoms with van der Waals surface area (Å²) in [5, 5.41) is 2.70. The smallest absolute Gasteiger partial charge is 0.338 e. The van der Waals surface area contributed by atoms with E-state index in [-0.39, 0.29) is 12.5 Å². The van der Waals surface area contributed by atoms with Crippen LogP contribution in [-0.2, 0) is 16.0 Å². The minimum Gasteiger partial charge on any atom is -0.452 e. The van der Waals surface area contributed by atoms with Gasteiger partial charge in [0.25, 0.3) is 5.91 Å². The summed E-state index contributed by atoms with van der Waals surface area (Å²) < 4.78 is 6.06. The number of nitrogens with one attached hydrogen (secondary N) is 1. The number of carbonyl (C=O) groups is 2. The molecule has 0 aliphatic carbocycles. The van der Waals surface area contributed by atoms with Crippen molar-refractivity contribution in [3.8, 4) is 0 Å². The maximum Gasteiger partial charge on any atom is 0.338 e. The van der Waals surface area contributed by atoms with Gasteiger partial charge in [0, 0.05) is 10.2 Å². The first-order chi connectivity index (χ1) is 13.1. The zero-order chi connectivity index (χ0) is 19.1. The molecule has 0 heterocycles. The van der Waals surface area contributed by atoms with E-state index in [0.717, 1.165) is 15.6 Å². The lowest BCUT2D eigenvalue weighted by molar-refractivity contribution is -0.119. The van der Waals surface area contributed by atoms with Crippen molar-refractivity contribution in [1.29, 1.82) is 0 Å². The highest BCUT2D eigenvalue weighted by atomic mass is 79.9. The highest BCUT2D eigenvalue weighted by molar-refractivity contribution is 9.10. The third-order valence-corrected chi connectivity index (χ3v) is 4.41. The number of anilines is 1. The van der Waals surface area contributed by atoms with Gasteiger partial charge >= 0.3 is 5.97 Å². The third-order valence-electron chi connectivity index (χ3n) is 3.92. The molecule has 3 aromatic carbocycles. The number of rotatable bonds is 6. The van der Waals surface area contributed by atoms with Crippen LogP contribution in [-0.4, -0.2) is 18.5 Å². The van der Waals surface area contributed by atoms with Gasteiger partial charge in [0.1, 0.15) is 0 Å². The van der Waals surface area contributed by atoms with E-state index in [1.165, 1.54) is 0 Å². The molecule has 0 atom stereocenters. The quantitative estimate of drug-likeness (QED) is 0.577. The van der Waals surface area contributed by atoms with E-state index in [1.54, 1.807) is 24.3 Å². The predicted octanol–water partition coefficient (Wildman–Crippen LogP) is 4.84. The molecule has 0 saturated heterocycles. The molecule has 3 aromatic rings. The van der Waals surface area contributed by atoms with Crippen molar-refractivity contribution >= 4 is 33.5 Å². The number of benzene rings is 3. The summed E-state index contributed by atoms with van der Waals surface area (Å²) >= 11 is 3.34. The lowest BCUT2D eigenvalue weighted by Gasteiger charge is -2.10. The van der Waals surface area contributed by atoms with E-state index in [4.69, 9.17) is 4.74 Å². The molecule has 0 saturated carbocycles. The fourth-order valence-corrected chi connectivity index (χ4v) is 3.06. The molecule has 0 radical (unpaired) electrons. The van der Waals surface area contributed by atoms with Gasteiger partial charge in [-0.2, -0.15) is 0 Å². The van der Waals surface area contributed by atoms with Crippen LogP contribution in [0, 0.1) is 0 Å². The minimum absolute atomic E-state index is 0.342. The van der Waals surface area contributed by atoms with Gasteiger partial charge in [-0.15, -0.1) is 0 Å². The number of ether oxygens (including phenoxy) is 1. The van der Waals surface area contributed by atoms with Gasteiger partial charge in [-0.1, -0.05) is 70.5 Å². The average Bonchev–Trinajstić information content (AvgIpc) is 2.67. The molecular formula is C22H18BrNO3. The van der Waals surface area contributed by atoms with E-state index in [1.807, 2.05) is 54.6 Å². The molecule has 0 aromatic heterocycles. The van der Waals surface area contributed by atoms with Crippen molar-refractivity contribution in [2.75, 3.05) is 11.9 Å². The van der Waals surface area contributed by atoms with Gasteiger partial charge in [-0.25, -0.2) is 4.79 Å². The molecule has 27 heavy (non-hydrogen) atoms. The Kier molecular flexibility index (Phi) is 6.39. The molecular weight excluding hydrogens is 406 g/mol. The molecule has 1 N–H and O–H groups in total. The van der Waals surface area contributed by atoms with Crippen molar-refractivity contribution in [3.05, 3.63) is 100 Å². The Morgan fingerprint density at radius 3 is 2.41 bits per heavy atom. The van der Waals surface area contributed by atoms with Crippen molar-refractivity contribution in [2.24, 2.45) is 0 Å². The summed E-state index contributed by atoms with van der Waals surface area (Å²) in [5.41, 5.74) is 3.07. The summed E-state index contributed by atoms with van der Waals surface area (Å²) in [5.74, 6) is -0.895. The molecule has 4 nitrogen and oxygen atoms in total. The largest absolute Gasteiger partial charge is 0.452 e. The molecule has 0 aliphatic rings. The van der Waals surface area contributed by atoms with E-state index in [9.17, 15) is 9.59 Å². The van der Waals surface area contributed by atoms with Crippen LogP contribution in [0.4, 0.5) is 5.69 Å². The molecule has 0 fully saturated rings. The first-order valence-corrected chi connectivity index (χ1v) is 9.25. The Morgan fingerprint density at radius 2 is 1.63 bits per heavy atom. The monoisotopic (exact) mass is 423 g/mol. The first kappa shape index (κ1) is 18.9. The zero-order valence-corrected chi connectivity index (χ0v) is 16.1. The molecule has 0 aliphatic heterocycles. The summed E-state index contributed by atoms with van der Waals surface area (Å²) in [7, 11) is 0. The van der Waals surface area contributed by atoms with Crippen molar-refractivity contribution in [1.82, 2.24) is 0 Å². The Balaban J connectivity index is 1.62. The van der Waals surface area contributed by atoms with Crippen LogP contribution < -0.4 is 5.32 Å². The van der Waals surface area contributed by atoms with E-state index >= 15 is 0 Å². The van der Waals surface area contributed by atoms with Gasteiger partial charge in [-0.05, 0) is 41.8 Å². The predicted molar refractivity (Wildman–Crippen MR) is 109 cm³/mol. The average molecular weight is 424 g/mol. The first-order valence-electron chi connectivity index (χ1n) is 8.46. The lowest BCUT2D eigenvalue weighted by atomic mass is 10.00. The van der Waals surface area contributed by atoms with E-state index < -0.39 is 5.97 Å². The highest BCUT2D eigenvalue weighted by Crippen LogP contribution is 2.17. The molecule has 136 valence electrons. The fourth-order valence-electron chi connectivity index (χ4n) is 2.66. The molecule has 0 bridgehead atoms. The summed E-state index contributed by atoms with van der Waals surface area (Å²) in [6.45, 7) is -0.342. The maximum absolute atomic E-state index is 12.5. The molecule has 1 amide bonds. The van der Waals surface area contributed by atoms with Crippen LogP contribution in [0.25, 0.3) is 0 Å². The fraction of sp³-hybridized carbons (Fsp3) is 0.0909. The zero-order valence-electron chi connectivity index (χ0n) is 14.5. The van der Waals surface area contributed by atoms with Gasteiger partial charge in [0.05, 0.1) is 5.56 Å². The van der Waals surface area contributed by atoms with Gasteiger partial charge in [0.2, 0.25) is 0 Å². The van der Waals surface area contributed by atoms with Gasteiger partial charge in [0.15, 0.2) is 6.61 Å². The van der Waals surface area contributed by atoms with Crippen LogP contribution >= 0.6 is 15.9 Å². The van der Waals surface area contributed by atoms with Crippen molar-refractivity contribution in [3.63, 3.8) is 0 Å². The summed E-state index contributed by atoms with van der Waals surface area (Å²) in [6.07, 6.45) is 0.621. The highest BCUT2D eigenvalue weighted by Gasteiger charge is 2.14. The Bertz CT molecular complexity index is 941. The van der Waals surface area contributed by atoms with E-state index in [2.05, 4.69) is 21.2 Å². The van der Waals surface area contributed by atoms with Crippen LogP contribution in [0.2, 0.25) is 0 Å². The molecule has 0 spiro atoms. The van der Waals surface area contributed by atoms with Gasteiger partial charge < -0.3 is 10.1 Å². The number of halogens is 1. The lowest BCUT2D eigenvalue weighted by Crippen LogP contribution is -2.21. The van der Waals surface area contributed by atoms with Crippen molar-refractivity contribution < 1.29 is 14.3 Å². The maximum atomic E-state index is 12.5. The topological polar surface area (TPSA) is 55.4 Å². The van der Waals surface area contributed by atoms with Crippen LogP contribution in [0.1, 0.15) is 21.5 Å². The Morgan fingerprint density at radius 1 is 0.889 bits per heavy atom. The normalized spacial score (nSPS) is 10.3. The number of hydrogen-bond donors (Lipinski definition) is 1. The second-order valence-corrected chi connectivity index (χ2v) is 6.87. The van der Waals surface area contributed by atoms with Crippen LogP contribution in [0.3, 0.4) is 0 Å². The third kappa shape index (κ3) is 5.53. The second kappa shape index (κ2) is 9.14. The minimum atomic E-state index is -0.508. The summed E-state index contributed by atoms with van der Waals surface area (Å²) in [4.78, 5) is 24.5.